The van der Waals surface area contributed by atoms with Crippen molar-refractivity contribution in [3.8, 4) is 0 Å². The molecule has 0 aliphatic heterocycles. The second-order valence-corrected chi connectivity index (χ2v) is 5.63. The van der Waals surface area contributed by atoms with Crippen LogP contribution in [0.1, 0.15) is 18.2 Å². The maximum absolute atomic E-state index is 5.33. The maximum atomic E-state index is 5.33. The topological polar surface area (TPSA) is 65.3 Å². The highest BCUT2D eigenvalue weighted by Gasteiger charge is 2.03. The predicted molar refractivity (Wildman–Crippen MR) is 98.4 cm³/mol. The maximum Gasteiger partial charge on any atom is 0.191 e. The van der Waals surface area contributed by atoms with Crippen LogP contribution < -0.4 is 10.6 Å². The van der Waals surface area contributed by atoms with E-state index < -0.39 is 0 Å². The number of rotatable bonds is 7. The van der Waals surface area contributed by atoms with Crippen molar-refractivity contribution >= 4 is 16.9 Å². The normalized spacial score (nSPS) is 11.8. The Hall–Kier alpha value is -2.69. The summed E-state index contributed by atoms with van der Waals surface area (Å²) in [5.74, 6) is 1.82. The van der Waals surface area contributed by atoms with Crippen LogP contribution in [0.5, 0.6) is 0 Å². The van der Waals surface area contributed by atoms with Gasteiger partial charge in [0.1, 0.15) is 5.76 Å². The van der Waals surface area contributed by atoms with Crippen LogP contribution in [0.4, 0.5) is 0 Å². The summed E-state index contributed by atoms with van der Waals surface area (Å²) < 4.78 is 5.33. The summed E-state index contributed by atoms with van der Waals surface area (Å²) in [7, 11) is 0. The lowest BCUT2D eigenvalue weighted by Gasteiger charge is -2.10. The molecule has 0 saturated carbocycles. The third kappa shape index (κ3) is 4.19. The fourth-order valence-corrected chi connectivity index (χ4v) is 2.73. The van der Waals surface area contributed by atoms with E-state index >= 15 is 0 Å². The van der Waals surface area contributed by atoms with Crippen LogP contribution >= 0.6 is 0 Å². The molecular weight excluding hydrogens is 300 g/mol. The molecule has 2 heterocycles. The number of aromatic amines is 1. The van der Waals surface area contributed by atoms with Crippen molar-refractivity contribution in [3.05, 3.63) is 60.2 Å². The van der Waals surface area contributed by atoms with Crippen LogP contribution in [0.25, 0.3) is 10.9 Å². The van der Waals surface area contributed by atoms with Crippen LogP contribution in [-0.4, -0.2) is 30.6 Å². The molecule has 0 aliphatic rings. The number of para-hydroxylation sites is 1. The minimum Gasteiger partial charge on any atom is -0.469 e. The van der Waals surface area contributed by atoms with E-state index in [0.29, 0.717) is 6.54 Å². The highest BCUT2D eigenvalue weighted by molar-refractivity contribution is 5.83. The molecular formula is C19H24N4O. The number of benzene rings is 1. The summed E-state index contributed by atoms with van der Waals surface area (Å²) in [6.45, 7) is 4.47. The molecule has 0 fully saturated rings. The average molecular weight is 324 g/mol. The van der Waals surface area contributed by atoms with Gasteiger partial charge in [-0.2, -0.15) is 0 Å². The van der Waals surface area contributed by atoms with E-state index in [4.69, 9.17) is 4.42 Å². The molecule has 5 nitrogen and oxygen atoms in total. The highest BCUT2D eigenvalue weighted by atomic mass is 16.3. The largest absolute Gasteiger partial charge is 0.469 e. The Kier molecular flexibility index (Phi) is 5.56. The summed E-state index contributed by atoms with van der Waals surface area (Å²) in [6, 6.07) is 12.3. The van der Waals surface area contributed by atoms with E-state index in [1.807, 2.05) is 12.1 Å². The van der Waals surface area contributed by atoms with Gasteiger partial charge in [0.05, 0.1) is 6.26 Å². The number of guanidine groups is 1. The van der Waals surface area contributed by atoms with Crippen molar-refractivity contribution in [1.29, 1.82) is 0 Å². The Balaban J connectivity index is 1.52. The number of H-pyrrole nitrogens is 1. The van der Waals surface area contributed by atoms with E-state index in [1.165, 1.54) is 16.5 Å². The predicted octanol–water partition coefficient (Wildman–Crippen LogP) is 3.10. The molecule has 24 heavy (non-hydrogen) atoms. The summed E-state index contributed by atoms with van der Waals surface area (Å²) in [6.07, 6.45) is 5.55. The van der Waals surface area contributed by atoms with Gasteiger partial charge in [-0.3, -0.25) is 4.99 Å². The van der Waals surface area contributed by atoms with E-state index in [1.54, 1.807) is 6.26 Å². The Morgan fingerprint density at radius 3 is 2.88 bits per heavy atom. The first-order chi connectivity index (χ1) is 11.9. The lowest BCUT2D eigenvalue weighted by Crippen LogP contribution is -2.38. The Bertz CT molecular complexity index is 774. The van der Waals surface area contributed by atoms with Gasteiger partial charge in [-0.25, -0.2) is 0 Å². The zero-order valence-electron chi connectivity index (χ0n) is 14.0. The number of nitrogens with zero attached hydrogens (tertiary/aromatic N) is 1. The fourth-order valence-electron chi connectivity index (χ4n) is 2.73. The van der Waals surface area contributed by atoms with Crippen LogP contribution in [0.3, 0.4) is 0 Å². The second kappa shape index (κ2) is 8.24. The number of hydrogen-bond acceptors (Lipinski definition) is 2. The molecule has 0 aliphatic carbocycles. The minimum absolute atomic E-state index is 0.704. The number of aliphatic imine (C=N–C) groups is 1. The molecule has 3 N–H and O–H groups in total. The van der Waals surface area contributed by atoms with E-state index in [9.17, 15) is 0 Å². The summed E-state index contributed by atoms with van der Waals surface area (Å²) in [5, 5.41) is 7.97. The van der Waals surface area contributed by atoms with Crippen LogP contribution in [-0.2, 0) is 12.8 Å². The smallest absolute Gasteiger partial charge is 0.191 e. The zero-order valence-corrected chi connectivity index (χ0v) is 14.0. The summed E-state index contributed by atoms with van der Waals surface area (Å²) >= 11 is 0. The third-order valence-corrected chi connectivity index (χ3v) is 3.91. The van der Waals surface area contributed by atoms with Gasteiger partial charge in [0.25, 0.3) is 0 Å². The van der Waals surface area contributed by atoms with Crippen molar-refractivity contribution in [2.45, 2.75) is 19.8 Å². The van der Waals surface area contributed by atoms with Crippen molar-refractivity contribution in [1.82, 2.24) is 15.6 Å². The SMILES string of the molecule is CCNC(=NCCc1ccco1)NCCc1c[nH]c2ccccc12. The fraction of sp³-hybridized carbons (Fsp3) is 0.316. The monoisotopic (exact) mass is 324 g/mol. The molecule has 126 valence electrons. The lowest BCUT2D eigenvalue weighted by molar-refractivity contribution is 0.510. The van der Waals surface area contributed by atoms with Gasteiger partial charge in [0.2, 0.25) is 0 Å². The quantitative estimate of drug-likeness (QED) is 0.462. The Morgan fingerprint density at radius 1 is 1.12 bits per heavy atom. The van der Waals surface area contributed by atoms with Crippen LogP contribution in [0.2, 0.25) is 0 Å². The number of furan rings is 1. The average Bonchev–Trinajstić information content (AvgIpc) is 3.25. The van der Waals surface area contributed by atoms with Gasteiger partial charge in [-0.15, -0.1) is 0 Å². The van der Waals surface area contributed by atoms with Gasteiger partial charge < -0.3 is 20.0 Å². The van der Waals surface area contributed by atoms with E-state index in [0.717, 1.165) is 37.7 Å². The molecule has 3 rings (SSSR count). The van der Waals surface area contributed by atoms with Crippen LogP contribution in [0, 0.1) is 0 Å². The molecule has 0 bridgehead atoms. The first kappa shape index (κ1) is 16.2. The van der Waals surface area contributed by atoms with E-state index in [2.05, 4.69) is 58.0 Å². The molecule has 2 aromatic heterocycles. The van der Waals surface area contributed by atoms with E-state index in [-0.39, 0.29) is 0 Å². The van der Waals surface area contributed by atoms with Gasteiger partial charge in [-0.1, -0.05) is 18.2 Å². The molecule has 0 saturated heterocycles. The Morgan fingerprint density at radius 2 is 2.04 bits per heavy atom. The van der Waals surface area contributed by atoms with Gasteiger partial charge in [-0.05, 0) is 37.1 Å². The van der Waals surface area contributed by atoms with Crippen molar-refractivity contribution in [3.63, 3.8) is 0 Å². The van der Waals surface area contributed by atoms with Crippen molar-refractivity contribution < 1.29 is 4.42 Å². The molecule has 5 heteroatoms. The third-order valence-electron chi connectivity index (χ3n) is 3.91. The zero-order chi connectivity index (χ0) is 16.6. The Labute approximate surface area is 142 Å². The first-order valence-corrected chi connectivity index (χ1v) is 8.46. The molecule has 0 amide bonds. The molecule has 0 unspecified atom stereocenters. The molecule has 0 atom stereocenters. The van der Waals surface area contributed by atoms with Crippen molar-refractivity contribution in [2.75, 3.05) is 19.6 Å². The molecule has 3 aromatic rings. The molecule has 0 radical (unpaired) electrons. The van der Waals surface area contributed by atoms with Crippen molar-refractivity contribution in [2.24, 2.45) is 4.99 Å². The number of nitrogens with one attached hydrogen (secondary N) is 3. The highest BCUT2D eigenvalue weighted by Crippen LogP contribution is 2.17. The summed E-state index contributed by atoms with van der Waals surface area (Å²) in [5.41, 5.74) is 2.51. The first-order valence-electron chi connectivity index (χ1n) is 8.46. The van der Waals surface area contributed by atoms with Gasteiger partial charge >= 0.3 is 0 Å². The lowest BCUT2D eigenvalue weighted by atomic mass is 10.1. The summed E-state index contributed by atoms with van der Waals surface area (Å²) in [4.78, 5) is 7.91. The number of fused-ring (bicyclic) bond motifs is 1. The molecule has 0 spiro atoms. The van der Waals surface area contributed by atoms with Crippen LogP contribution in [0.15, 0.2) is 58.3 Å². The number of hydrogen-bond donors (Lipinski definition) is 3. The number of aromatic nitrogens is 1. The van der Waals surface area contributed by atoms with Gasteiger partial charge in [0.15, 0.2) is 5.96 Å². The molecule has 1 aromatic carbocycles. The van der Waals surface area contributed by atoms with Gasteiger partial charge in [0, 0.05) is 43.2 Å². The minimum atomic E-state index is 0.704. The second-order valence-electron chi connectivity index (χ2n) is 5.63. The standard InChI is InChI=1S/C19H24N4O/c1-2-20-19(22-12-10-16-6-5-13-24-16)21-11-9-15-14-23-18-8-4-3-7-17(15)18/h3-8,13-14,23H,2,9-12H2,1H3,(H2,20,21,22).